The molecule has 0 unspecified atom stereocenters. The topological polar surface area (TPSA) is 64.7 Å². The molecule has 0 radical (unpaired) electrons. The normalized spacial score (nSPS) is 11.1. The van der Waals surface area contributed by atoms with E-state index in [-0.39, 0.29) is 5.91 Å². The molecule has 0 bridgehead atoms. The molecule has 1 amide bonds. The summed E-state index contributed by atoms with van der Waals surface area (Å²) >= 11 is 19.3. The van der Waals surface area contributed by atoms with Gasteiger partial charge in [0.25, 0.3) is 5.91 Å². The first kappa shape index (κ1) is 24.0. The lowest BCUT2D eigenvalue weighted by Gasteiger charge is -2.08. The Morgan fingerprint density at radius 2 is 1.85 bits per heavy atom. The van der Waals surface area contributed by atoms with Crippen LogP contribution in [0.2, 0.25) is 10.0 Å². The van der Waals surface area contributed by atoms with E-state index in [9.17, 15) is 4.79 Å². The Kier molecular flexibility index (Phi) is 7.28. The van der Waals surface area contributed by atoms with Crippen molar-refractivity contribution in [1.29, 1.82) is 0 Å². The van der Waals surface area contributed by atoms with E-state index in [0.717, 1.165) is 27.0 Å². The Hall–Kier alpha value is -2.13. The van der Waals surface area contributed by atoms with Crippen LogP contribution in [-0.2, 0) is 13.1 Å². The third-order valence-corrected chi connectivity index (χ3v) is 7.43. The zero-order chi connectivity index (χ0) is 23.7. The molecule has 0 fully saturated rings. The SMILES string of the molecule is Cc1nn(Cc2cccc(C(=O)Nc3nn(Cc4ccc(Cl)cc4Cl)cc3Br)c2)c(C)c1Br. The maximum atomic E-state index is 12.9. The van der Waals surface area contributed by atoms with E-state index in [1.165, 1.54) is 0 Å². The van der Waals surface area contributed by atoms with Gasteiger partial charge in [-0.1, -0.05) is 41.4 Å². The lowest BCUT2D eigenvalue weighted by molar-refractivity contribution is 0.102. The van der Waals surface area contributed by atoms with Gasteiger partial charge in [-0.2, -0.15) is 10.2 Å². The lowest BCUT2D eigenvalue weighted by Crippen LogP contribution is -2.14. The number of carbonyl (C=O) groups is 1. The number of hydrogen-bond acceptors (Lipinski definition) is 3. The van der Waals surface area contributed by atoms with E-state index in [1.54, 1.807) is 29.1 Å². The van der Waals surface area contributed by atoms with Gasteiger partial charge in [0.2, 0.25) is 0 Å². The Morgan fingerprint density at radius 3 is 2.55 bits per heavy atom. The highest BCUT2D eigenvalue weighted by molar-refractivity contribution is 9.11. The number of aromatic nitrogens is 4. The molecule has 2 aromatic carbocycles. The standard InChI is InChI=1S/C23H19Br2Cl2N5O/c1-13-21(25)14(2)32(29-13)10-15-4-3-5-16(8-15)23(33)28-22-19(24)12-31(30-22)11-17-6-7-18(26)9-20(17)27/h3-9,12H,10-11H2,1-2H3,(H,28,30,33). The number of rotatable bonds is 6. The Bertz CT molecular complexity index is 1350. The summed E-state index contributed by atoms with van der Waals surface area (Å²) in [5.41, 5.74) is 4.36. The first-order chi connectivity index (χ1) is 15.7. The highest BCUT2D eigenvalue weighted by Crippen LogP contribution is 2.25. The van der Waals surface area contributed by atoms with Crippen molar-refractivity contribution in [3.05, 3.63) is 95.7 Å². The molecule has 170 valence electrons. The Labute approximate surface area is 218 Å². The summed E-state index contributed by atoms with van der Waals surface area (Å²) in [6.07, 6.45) is 1.79. The largest absolute Gasteiger partial charge is 0.304 e. The quantitative estimate of drug-likeness (QED) is 0.259. The van der Waals surface area contributed by atoms with Gasteiger partial charge in [0, 0.05) is 21.8 Å². The molecule has 33 heavy (non-hydrogen) atoms. The molecule has 1 N–H and O–H groups in total. The van der Waals surface area contributed by atoms with Crippen LogP contribution in [0.3, 0.4) is 0 Å². The summed E-state index contributed by atoms with van der Waals surface area (Å²) in [4.78, 5) is 12.9. The molecule has 0 aliphatic rings. The smallest absolute Gasteiger partial charge is 0.256 e. The van der Waals surface area contributed by atoms with Gasteiger partial charge in [-0.15, -0.1) is 0 Å². The second-order valence-electron chi connectivity index (χ2n) is 7.56. The number of hydrogen-bond donors (Lipinski definition) is 1. The van der Waals surface area contributed by atoms with Crippen LogP contribution < -0.4 is 5.32 Å². The van der Waals surface area contributed by atoms with E-state index in [0.29, 0.717) is 39.0 Å². The first-order valence-corrected chi connectivity index (χ1v) is 12.3. The number of benzene rings is 2. The zero-order valence-corrected chi connectivity index (χ0v) is 22.4. The lowest BCUT2D eigenvalue weighted by atomic mass is 10.1. The average Bonchev–Trinajstić information content (AvgIpc) is 3.23. The molecule has 4 aromatic rings. The summed E-state index contributed by atoms with van der Waals surface area (Å²) in [6, 6.07) is 12.8. The number of nitrogens with one attached hydrogen (secondary N) is 1. The molecule has 0 atom stereocenters. The van der Waals surface area contributed by atoms with Gasteiger partial charge in [0.15, 0.2) is 5.82 Å². The minimum Gasteiger partial charge on any atom is -0.304 e. The molecule has 0 saturated heterocycles. The monoisotopic (exact) mass is 609 g/mol. The predicted octanol–water partition coefficient (Wildman–Crippen LogP) is 6.88. The first-order valence-electron chi connectivity index (χ1n) is 9.98. The van der Waals surface area contributed by atoms with Crippen LogP contribution in [0, 0.1) is 13.8 Å². The van der Waals surface area contributed by atoms with Gasteiger partial charge < -0.3 is 5.32 Å². The second kappa shape index (κ2) is 10.0. The van der Waals surface area contributed by atoms with Crippen LogP contribution >= 0.6 is 55.1 Å². The highest BCUT2D eigenvalue weighted by atomic mass is 79.9. The van der Waals surface area contributed by atoms with Crippen molar-refractivity contribution in [1.82, 2.24) is 19.6 Å². The minimum absolute atomic E-state index is 0.248. The summed E-state index contributed by atoms with van der Waals surface area (Å²) in [6.45, 7) is 4.97. The summed E-state index contributed by atoms with van der Waals surface area (Å²) < 4.78 is 5.28. The van der Waals surface area contributed by atoms with E-state index in [4.69, 9.17) is 23.2 Å². The van der Waals surface area contributed by atoms with E-state index < -0.39 is 0 Å². The number of carbonyl (C=O) groups excluding carboxylic acids is 1. The molecule has 10 heteroatoms. The van der Waals surface area contributed by atoms with Crippen molar-refractivity contribution in [2.24, 2.45) is 0 Å². The second-order valence-corrected chi connectivity index (χ2v) is 10.0. The van der Waals surface area contributed by atoms with Crippen LogP contribution in [0.15, 0.2) is 57.6 Å². The van der Waals surface area contributed by atoms with E-state index in [2.05, 4.69) is 47.4 Å². The van der Waals surface area contributed by atoms with Crippen LogP contribution in [-0.4, -0.2) is 25.5 Å². The van der Waals surface area contributed by atoms with Crippen LogP contribution in [0.1, 0.15) is 32.9 Å². The van der Waals surface area contributed by atoms with Crippen LogP contribution in [0.5, 0.6) is 0 Å². The molecular weight excluding hydrogens is 593 g/mol. The number of amides is 1. The number of aryl methyl sites for hydroxylation is 1. The predicted molar refractivity (Wildman–Crippen MR) is 138 cm³/mol. The molecule has 6 nitrogen and oxygen atoms in total. The van der Waals surface area contributed by atoms with Gasteiger partial charge in [0.1, 0.15) is 0 Å². The fraction of sp³-hybridized carbons (Fsp3) is 0.174. The molecule has 0 spiro atoms. The molecule has 4 rings (SSSR count). The third-order valence-electron chi connectivity index (χ3n) is 5.11. The molecule has 0 saturated carbocycles. The maximum absolute atomic E-state index is 12.9. The molecule has 0 aliphatic carbocycles. The fourth-order valence-corrected chi connectivity index (χ4v) is 4.55. The van der Waals surface area contributed by atoms with Crippen molar-refractivity contribution >= 4 is 66.8 Å². The zero-order valence-electron chi connectivity index (χ0n) is 17.7. The van der Waals surface area contributed by atoms with Crippen molar-refractivity contribution < 1.29 is 4.79 Å². The van der Waals surface area contributed by atoms with Crippen molar-refractivity contribution in [2.45, 2.75) is 26.9 Å². The molecule has 0 aliphatic heterocycles. The van der Waals surface area contributed by atoms with Gasteiger partial charge in [-0.25, -0.2) is 0 Å². The fourth-order valence-electron chi connectivity index (χ4n) is 3.38. The van der Waals surface area contributed by atoms with Gasteiger partial charge >= 0.3 is 0 Å². The number of halogens is 4. The van der Waals surface area contributed by atoms with E-state index >= 15 is 0 Å². The summed E-state index contributed by atoms with van der Waals surface area (Å²) in [7, 11) is 0. The number of nitrogens with zero attached hydrogens (tertiary/aromatic N) is 4. The third kappa shape index (κ3) is 5.51. The van der Waals surface area contributed by atoms with Crippen molar-refractivity contribution in [2.75, 3.05) is 5.32 Å². The van der Waals surface area contributed by atoms with Crippen molar-refractivity contribution in [3.63, 3.8) is 0 Å². The number of anilines is 1. The van der Waals surface area contributed by atoms with Crippen LogP contribution in [0.25, 0.3) is 0 Å². The van der Waals surface area contributed by atoms with Gasteiger partial charge in [0.05, 0.1) is 33.4 Å². The minimum atomic E-state index is -0.248. The summed E-state index contributed by atoms with van der Waals surface area (Å²) in [5.74, 6) is 0.180. The van der Waals surface area contributed by atoms with E-state index in [1.807, 2.05) is 42.8 Å². The molecule has 2 heterocycles. The van der Waals surface area contributed by atoms with Crippen LogP contribution in [0.4, 0.5) is 5.82 Å². The Balaban J connectivity index is 1.48. The molecule has 2 aromatic heterocycles. The average molecular weight is 612 g/mol. The van der Waals surface area contributed by atoms with Gasteiger partial charge in [-0.05, 0) is 81.1 Å². The summed E-state index contributed by atoms with van der Waals surface area (Å²) in [5, 5.41) is 13.0. The Morgan fingerprint density at radius 1 is 1.06 bits per heavy atom. The highest BCUT2D eigenvalue weighted by Gasteiger charge is 2.15. The van der Waals surface area contributed by atoms with Crippen molar-refractivity contribution in [3.8, 4) is 0 Å². The van der Waals surface area contributed by atoms with Gasteiger partial charge in [-0.3, -0.25) is 14.2 Å². The molecular formula is C23H19Br2Cl2N5O. The maximum Gasteiger partial charge on any atom is 0.256 e.